The van der Waals surface area contributed by atoms with Crippen LogP contribution < -0.4 is 10.3 Å². The molecule has 0 saturated carbocycles. The molecule has 0 spiro atoms. The number of hydrogen-bond acceptors (Lipinski definition) is 2. The van der Waals surface area contributed by atoms with Crippen molar-refractivity contribution < 1.29 is 4.74 Å². The molecule has 1 aromatic heterocycles. The zero-order valence-electron chi connectivity index (χ0n) is 10.3. The monoisotopic (exact) mass is 307 g/mol. The Morgan fingerprint density at radius 3 is 2.72 bits per heavy atom. The van der Waals surface area contributed by atoms with Gasteiger partial charge in [-0.2, -0.15) is 0 Å². The van der Waals surface area contributed by atoms with Gasteiger partial charge in [0.2, 0.25) is 0 Å². The van der Waals surface area contributed by atoms with Crippen molar-refractivity contribution in [3.63, 3.8) is 0 Å². The van der Waals surface area contributed by atoms with Gasteiger partial charge in [0.1, 0.15) is 5.75 Å². The van der Waals surface area contributed by atoms with Crippen molar-refractivity contribution in [2.24, 2.45) is 0 Å². The molecule has 2 rings (SSSR count). The molecule has 0 radical (unpaired) electrons. The Labute approximate surface area is 114 Å². The molecule has 18 heavy (non-hydrogen) atoms. The van der Waals surface area contributed by atoms with E-state index in [4.69, 9.17) is 4.74 Å². The van der Waals surface area contributed by atoms with Gasteiger partial charge in [0.25, 0.3) is 5.56 Å². The topological polar surface area (TPSA) is 31.2 Å². The van der Waals surface area contributed by atoms with Gasteiger partial charge in [-0.05, 0) is 46.1 Å². The highest BCUT2D eigenvalue weighted by atomic mass is 79.9. The minimum absolute atomic E-state index is 0.00698. The number of nitrogens with zero attached hydrogens (tertiary/aromatic N) is 1. The van der Waals surface area contributed by atoms with Gasteiger partial charge < -0.3 is 9.30 Å². The number of ether oxygens (including phenoxy) is 1. The minimum atomic E-state index is 0.00698. The second-order valence-electron chi connectivity index (χ2n) is 4.14. The van der Waals surface area contributed by atoms with Gasteiger partial charge in [-0.25, -0.2) is 0 Å². The Morgan fingerprint density at radius 2 is 2.06 bits per heavy atom. The fourth-order valence-corrected chi connectivity index (χ4v) is 2.37. The summed E-state index contributed by atoms with van der Waals surface area (Å²) in [6.07, 6.45) is 1.86. The quantitative estimate of drug-likeness (QED) is 0.873. The lowest BCUT2D eigenvalue weighted by molar-refractivity contribution is 0.412. The smallest absolute Gasteiger partial charge is 0.250 e. The zero-order chi connectivity index (χ0) is 13.1. The number of rotatable bonds is 3. The Bertz CT molecular complexity index is 619. The van der Waals surface area contributed by atoms with Gasteiger partial charge in [0.15, 0.2) is 0 Å². The lowest BCUT2D eigenvalue weighted by Gasteiger charge is -2.09. The summed E-state index contributed by atoms with van der Waals surface area (Å²) in [5.74, 6) is 0.787. The number of benzene rings is 1. The Hall–Kier alpha value is -1.55. The molecule has 0 atom stereocenters. The molecule has 0 aliphatic rings. The van der Waals surface area contributed by atoms with E-state index in [0.29, 0.717) is 6.54 Å². The molecule has 1 aromatic carbocycles. The van der Waals surface area contributed by atoms with Crippen molar-refractivity contribution in [1.29, 1.82) is 0 Å². The van der Waals surface area contributed by atoms with Crippen molar-refractivity contribution in [3.8, 4) is 5.75 Å². The van der Waals surface area contributed by atoms with Crippen LogP contribution in [0.15, 0.2) is 45.8 Å². The van der Waals surface area contributed by atoms with E-state index in [1.807, 2.05) is 37.4 Å². The number of hydrogen-bond donors (Lipinski definition) is 0. The fourth-order valence-electron chi connectivity index (χ4n) is 1.78. The zero-order valence-corrected chi connectivity index (χ0v) is 11.9. The van der Waals surface area contributed by atoms with Gasteiger partial charge in [-0.1, -0.05) is 12.1 Å². The number of methoxy groups -OCH3 is 1. The van der Waals surface area contributed by atoms with Crippen molar-refractivity contribution in [2.45, 2.75) is 13.5 Å². The highest BCUT2D eigenvalue weighted by molar-refractivity contribution is 9.10. The van der Waals surface area contributed by atoms with Crippen molar-refractivity contribution in [3.05, 3.63) is 62.5 Å². The summed E-state index contributed by atoms with van der Waals surface area (Å²) in [7, 11) is 1.63. The first-order valence-corrected chi connectivity index (χ1v) is 6.39. The Balaban J connectivity index is 2.31. The lowest BCUT2D eigenvalue weighted by atomic mass is 10.2. The van der Waals surface area contributed by atoms with E-state index in [9.17, 15) is 4.79 Å². The summed E-state index contributed by atoms with van der Waals surface area (Å²) in [4.78, 5) is 11.7. The molecule has 0 unspecified atom stereocenters. The van der Waals surface area contributed by atoms with E-state index < -0.39 is 0 Å². The average Bonchev–Trinajstić information content (AvgIpc) is 2.34. The van der Waals surface area contributed by atoms with Crippen LogP contribution in [0.4, 0.5) is 0 Å². The van der Waals surface area contributed by atoms with Crippen LogP contribution in [-0.4, -0.2) is 11.7 Å². The van der Waals surface area contributed by atoms with Crippen LogP contribution in [0.3, 0.4) is 0 Å². The predicted octanol–water partition coefficient (Wildman–Crippen LogP) is 2.98. The molecule has 0 N–H and O–H groups in total. The Morgan fingerprint density at radius 1 is 1.28 bits per heavy atom. The van der Waals surface area contributed by atoms with Gasteiger partial charge in [-0.15, -0.1) is 0 Å². The second-order valence-corrected chi connectivity index (χ2v) is 5.00. The molecule has 0 saturated heterocycles. The van der Waals surface area contributed by atoms with Crippen LogP contribution in [0.1, 0.15) is 11.1 Å². The number of halogens is 1. The van der Waals surface area contributed by atoms with Gasteiger partial charge in [0.05, 0.1) is 18.1 Å². The summed E-state index contributed by atoms with van der Waals surface area (Å²) in [6, 6.07) is 9.23. The standard InChI is InChI=1S/C14H14BrNO2/c1-10-3-6-14(17)16(8-10)9-11-4-5-13(18-2)12(15)7-11/h3-8H,9H2,1-2H3. The molecule has 3 nitrogen and oxygen atoms in total. The summed E-state index contributed by atoms with van der Waals surface area (Å²) < 4.78 is 7.77. The van der Waals surface area contributed by atoms with E-state index in [-0.39, 0.29) is 5.56 Å². The van der Waals surface area contributed by atoms with Crippen LogP contribution in [0.2, 0.25) is 0 Å². The number of aryl methyl sites for hydroxylation is 1. The molecule has 0 aliphatic heterocycles. The molecule has 4 heteroatoms. The van der Waals surface area contributed by atoms with E-state index in [0.717, 1.165) is 21.3 Å². The number of aromatic nitrogens is 1. The third-order valence-corrected chi connectivity index (χ3v) is 3.32. The lowest BCUT2D eigenvalue weighted by Crippen LogP contribution is -2.19. The van der Waals surface area contributed by atoms with Gasteiger partial charge in [0, 0.05) is 12.3 Å². The van der Waals surface area contributed by atoms with Crippen molar-refractivity contribution in [2.75, 3.05) is 7.11 Å². The van der Waals surface area contributed by atoms with E-state index >= 15 is 0 Å². The number of pyridine rings is 1. The molecular weight excluding hydrogens is 294 g/mol. The largest absolute Gasteiger partial charge is 0.496 e. The molecule has 2 aromatic rings. The third-order valence-electron chi connectivity index (χ3n) is 2.70. The molecule has 94 valence electrons. The minimum Gasteiger partial charge on any atom is -0.496 e. The Kier molecular flexibility index (Phi) is 3.87. The van der Waals surface area contributed by atoms with Crippen molar-refractivity contribution in [1.82, 2.24) is 4.57 Å². The average molecular weight is 308 g/mol. The SMILES string of the molecule is COc1ccc(Cn2cc(C)ccc2=O)cc1Br. The third kappa shape index (κ3) is 2.82. The second kappa shape index (κ2) is 5.40. The highest BCUT2D eigenvalue weighted by Crippen LogP contribution is 2.25. The highest BCUT2D eigenvalue weighted by Gasteiger charge is 2.03. The predicted molar refractivity (Wildman–Crippen MR) is 75.2 cm³/mol. The summed E-state index contributed by atoms with van der Waals surface area (Å²) in [5, 5.41) is 0. The van der Waals surface area contributed by atoms with Crippen LogP contribution >= 0.6 is 15.9 Å². The van der Waals surface area contributed by atoms with Crippen LogP contribution in [0.5, 0.6) is 5.75 Å². The summed E-state index contributed by atoms with van der Waals surface area (Å²) in [6.45, 7) is 2.53. The molecule has 0 bridgehead atoms. The summed E-state index contributed by atoms with van der Waals surface area (Å²) in [5.41, 5.74) is 2.13. The normalized spacial score (nSPS) is 10.4. The van der Waals surface area contributed by atoms with Crippen molar-refractivity contribution >= 4 is 15.9 Å². The van der Waals surface area contributed by atoms with Crippen LogP contribution in [0, 0.1) is 6.92 Å². The molecular formula is C14H14BrNO2. The molecule has 0 amide bonds. The maximum Gasteiger partial charge on any atom is 0.250 e. The molecule has 0 aliphatic carbocycles. The fraction of sp³-hybridized carbons (Fsp3) is 0.214. The van der Waals surface area contributed by atoms with Gasteiger partial charge in [-0.3, -0.25) is 4.79 Å². The maximum absolute atomic E-state index is 11.7. The van der Waals surface area contributed by atoms with Gasteiger partial charge >= 0.3 is 0 Å². The molecule has 1 heterocycles. The van der Waals surface area contributed by atoms with E-state index in [1.54, 1.807) is 17.7 Å². The summed E-state index contributed by atoms with van der Waals surface area (Å²) >= 11 is 3.44. The van der Waals surface area contributed by atoms with Crippen LogP contribution in [-0.2, 0) is 6.54 Å². The first-order chi connectivity index (χ1) is 8.60. The molecule has 0 fully saturated rings. The van der Waals surface area contributed by atoms with E-state index in [1.165, 1.54) is 0 Å². The first kappa shape index (κ1) is 12.9. The maximum atomic E-state index is 11.7. The van der Waals surface area contributed by atoms with E-state index in [2.05, 4.69) is 15.9 Å². The van der Waals surface area contributed by atoms with Crippen LogP contribution in [0.25, 0.3) is 0 Å². The first-order valence-electron chi connectivity index (χ1n) is 5.59.